The maximum absolute atomic E-state index is 3.68. The van der Waals surface area contributed by atoms with Gasteiger partial charge in [-0.3, -0.25) is 0 Å². The second-order valence-corrected chi connectivity index (χ2v) is 5.98. The van der Waals surface area contributed by atoms with Crippen molar-refractivity contribution in [2.75, 3.05) is 18.6 Å². The molecule has 0 aliphatic rings. The lowest BCUT2D eigenvalue weighted by atomic mass is 10.1. The van der Waals surface area contributed by atoms with Crippen LogP contribution in [0, 0.1) is 0 Å². The molecule has 0 radical (unpaired) electrons. The van der Waals surface area contributed by atoms with Crippen molar-refractivity contribution in [3.05, 3.63) is 22.4 Å². The fourth-order valence-electron chi connectivity index (χ4n) is 1.77. The molecule has 92 valence electrons. The first-order chi connectivity index (χ1) is 7.88. The molecule has 0 aliphatic carbocycles. The Kier molecular flexibility index (Phi) is 7.99. The highest BCUT2D eigenvalue weighted by atomic mass is 32.2. The van der Waals surface area contributed by atoms with E-state index in [1.54, 1.807) is 0 Å². The summed E-state index contributed by atoms with van der Waals surface area (Å²) in [5.41, 5.74) is 0. The Hall–Kier alpha value is 0.01000. The lowest BCUT2D eigenvalue weighted by molar-refractivity contribution is 0.492. The Labute approximate surface area is 108 Å². The van der Waals surface area contributed by atoms with E-state index < -0.39 is 0 Å². The summed E-state index contributed by atoms with van der Waals surface area (Å²) in [6.45, 7) is 3.42. The predicted octanol–water partition coefficient (Wildman–Crippen LogP) is 4.32. The van der Waals surface area contributed by atoms with E-state index in [1.807, 2.05) is 23.1 Å². The van der Waals surface area contributed by atoms with Crippen LogP contribution in [0.2, 0.25) is 0 Å². The quantitative estimate of drug-likeness (QED) is 0.661. The summed E-state index contributed by atoms with van der Waals surface area (Å²) >= 11 is 3.82. The number of rotatable bonds is 9. The molecule has 3 heteroatoms. The van der Waals surface area contributed by atoms with Gasteiger partial charge in [0.1, 0.15) is 0 Å². The Morgan fingerprint density at radius 1 is 1.44 bits per heavy atom. The molecule has 1 unspecified atom stereocenters. The summed E-state index contributed by atoms with van der Waals surface area (Å²) in [5, 5.41) is 5.86. The molecule has 1 aromatic rings. The van der Waals surface area contributed by atoms with Gasteiger partial charge in [-0.2, -0.15) is 11.8 Å². The second kappa shape index (κ2) is 9.08. The lowest BCUT2D eigenvalue weighted by Gasteiger charge is -2.16. The number of unbranched alkanes of at least 4 members (excludes halogenated alkanes) is 1. The number of thioether (sulfide) groups is 1. The van der Waals surface area contributed by atoms with Crippen molar-refractivity contribution in [3.63, 3.8) is 0 Å². The molecule has 16 heavy (non-hydrogen) atoms. The van der Waals surface area contributed by atoms with E-state index in [0.29, 0.717) is 6.04 Å². The van der Waals surface area contributed by atoms with Gasteiger partial charge >= 0.3 is 0 Å². The molecular formula is C13H23NS2. The summed E-state index contributed by atoms with van der Waals surface area (Å²) in [6.07, 6.45) is 7.31. The molecule has 1 N–H and O–H groups in total. The first kappa shape index (κ1) is 14.1. The molecule has 0 aliphatic heterocycles. The second-order valence-electron chi connectivity index (χ2n) is 4.01. The van der Waals surface area contributed by atoms with E-state index in [-0.39, 0.29) is 0 Å². The predicted molar refractivity (Wildman–Crippen MR) is 77.6 cm³/mol. The van der Waals surface area contributed by atoms with Gasteiger partial charge in [-0.15, -0.1) is 11.3 Å². The third-order valence-corrected chi connectivity index (χ3v) is 4.31. The van der Waals surface area contributed by atoms with Crippen LogP contribution in [0.5, 0.6) is 0 Å². The summed E-state index contributed by atoms with van der Waals surface area (Å²) < 4.78 is 0. The highest BCUT2D eigenvalue weighted by molar-refractivity contribution is 7.98. The van der Waals surface area contributed by atoms with Crippen LogP contribution >= 0.6 is 23.1 Å². The number of hydrogen-bond donors (Lipinski definition) is 1. The molecule has 1 aromatic heterocycles. The van der Waals surface area contributed by atoms with Crippen molar-refractivity contribution in [1.82, 2.24) is 5.32 Å². The fraction of sp³-hybridized carbons (Fsp3) is 0.692. The minimum absolute atomic E-state index is 0.583. The largest absolute Gasteiger partial charge is 0.309 e. The minimum Gasteiger partial charge on any atom is -0.309 e. The molecule has 0 saturated carbocycles. The maximum atomic E-state index is 3.68. The molecule has 0 saturated heterocycles. The van der Waals surface area contributed by atoms with Crippen LogP contribution in [0.3, 0.4) is 0 Å². The van der Waals surface area contributed by atoms with Gasteiger partial charge in [-0.25, -0.2) is 0 Å². The van der Waals surface area contributed by atoms with Crippen molar-refractivity contribution < 1.29 is 0 Å². The third-order valence-electron chi connectivity index (χ3n) is 2.63. The summed E-state index contributed by atoms with van der Waals surface area (Å²) in [7, 11) is 0. The zero-order valence-electron chi connectivity index (χ0n) is 10.4. The Morgan fingerprint density at radius 2 is 2.31 bits per heavy atom. The summed E-state index contributed by atoms with van der Waals surface area (Å²) in [4.78, 5) is 1.49. The van der Waals surface area contributed by atoms with Gasteiger partial charge in [0.05, 0.1) is 0 Å². The van der Waals surface area contributed by atoms with E-state index in [2.05, 4.69) is 36.0 Å². The fourth-order valence-corrected chi connectivity index (χ4v) is 3.10. The van der Waals surface area contributed by atoms with Crippen molar-refractivity contribution in [3.8, 4) is 0 Å². The van der Waals surface area contributed by atoms with Crippen LogP contribution in [-0.4, -0.2) is 18.6 Å². The van der Waals surface area contributed by atoms with Crippen LogP contribution in [0.15, 0.2) is 17.5 Å². The number of nitrogens with one attached hydrogen (secondary N) is 1. The van der Waals surface area contributed by atoms with Crippen LogP contribution < -0.4 is 5.32 Å². The van der Waals surface area contributed by atoms with Crippen LogP contribution in [-0.2, 0) is 0 Å². The highest BCUT2D eigenvalue weighted by Crippen LogP contribution is 2.23. The van der Waals surface area contributed by atoms with Gasteiger partial charge in [-0.1, -0.05) is 19.4 Å². The molecule has 1 heterocycles. The van der Waals surface area contributed by atoms with Gasteiger partial charge in [0, 0.05) is 10.9 Å². The molecule has 0 amide bonds. The Morgan fingerprint density at radius 3 is 2.94 bits per heavy atom. The van der Waals surface area contributed by atoms with Crippen molar-refractivity contribution in [2.24, 2.45) is 0 Å². The monoisotopic (exact) mass is 257 g/mol. The van der Waals surface area contributed by atoms with Crippen molar-refractivity contribution >= 4 is 23.1 Å². The zero-order chi connectivity index (χ0) is 11.6. The van der Waals surface area contributed by atoms with Crippen molar-refractivity contribution in [1.29, 1.82) is 0 Å². The average molecular weight is 257 g/mol. The normalized spacial score (nSPS) is 12.9. The first-order valence-corrected chi connectivity index (χ1v) is 8.41. The first-order valence-electron chi connectivity index (χ1n) is 6.14. The highest BCUT2D eigenvalue weighted by Gasteiger charge is 2.09. The summed E-state index contributed by atoms with van der Waals surface area (Å²) in [5.74, 6) is 1.29. The van der Waals surface area contributed by atoms with Gasteiger partial charge < -0.3 is 5.32 Å². The number of thiophene rings is 1. The molecule has 0 fully saturated rings. The molecule has 0 aromatic carbocycles. The Balaban J connectivity index is 2.24. The van der Waals surface area contributed by atoms with Crippen LogP contribution in [0.25, 0.3) is 0 Å². The smallest absolute Gasteiger partial charge is 0.0414 e. The van der Waals surface area contributed by atoms with Crippen LogP contribution in [0.1, 0.15) is 43.5 Å². The van der Waals surface area contributed by atoms with Crippen LogP contribution in [0.4, 0.5) is 0 Å². The zero-order valence-corrected chi connectivity index (χ0v) is 12.0. The molecule has 0 bridgehead atoms. The average Bonchev–Trinajstić information content (AvgIpc) is 2.81. The maximum Gasteiger partial charge on any atom is 0.0414 e. The van der Waals surface area contributed by atoms with Gasteiger partial charge in [-0.05, 0) is 49.3 Å². The number of hydrogen-bond acceptors (Lipinski definition) is 3. The summed E-state index contributed by atoms with van der Waals surface area (Å²) in [6, 6.07) is 4.98. The molecule has 1 nitrogen and oxygen atoms in total. The van der Waals surface area contributed by atoms with E-state index in [9.17, 15) is 0 Å². The lowest BCUT2D eigenvalue weighted by Crippen LogP contribution is -2.21. The van der Waals surface area contributed by atoms with E-state index in [4.69, 9.17) is 0 Å². The topological polar surface area (TPSA) is 12.0 Å². The van der Waals surface area contributed by atoms with E-state index in [1.165, 1.54) is 36.3 Å². The van der Waals surface area contributed by atoms with Gasteiger partial charge in [0.15, 0.2) is 0 Å². The Bertz CT molecular complexity index is 246. The van der Waals surface area contributed by atoms with E-state index in [0.717, 1.165) is 6.54 Å². The molecule has 0 spiro atoms. The SMILES string of the molecule is CCCC(NCCCCSC)c1cccs1. The molecule has 1 atom stereocenters. The molecule has 1 rings (SSSR count). The molecular weight excluding hydrogens is 234 g/mol. The standard InChI is InChI=1S/C13H23NS2/c1-3-7-12(13-8-6-11-16-13)14-9-4-5-10-15-2/h6,8,11-12,14H,3-5,7,9-10H2,1-2H3. The van der Waals surface area contributed by atoms with Gasteiger partial charge in [0.25, 0.3) is 0 Å². The van der Waals surface area contributed by atoms with Crippen molar-refractivity contribution in [2.45, 2.75) is 38.6 Å². The minimum atomic E-state index is 0.583. The van der Waals surface area contributed by atoms with E-state index >= 15 is 0 Å². The third kappa shape index (κ3) is 5.37. The van der Waals surface area contributed by atoms with Gasteiger partial charge in [0.2, 0.25) is 0 Å².